The highest BCUT2D eigenvalue weighted by atomic mass is 32.2. The van der Waals surface area contributed by atoms with E-state index in [9.17, 15) is 4.79 Å². The van der Waals surface area contributed by atoms with Gasteiger partial charge in [-0.3, -0.25) is 0 Å². The lowest BCUT2D eigenvalue weighted by molar-refractivity contribution is 0.100. The normalized spacial score (nSPS) is 17.1. The molecule has 1 rings (SSSR count). The van der Waals surface area contributed by atoms with Crippen molar-refractivity contribution in [1.29, 1.82) is 0 Å². The molecule has 0 aromatic heterocycles. The van der Waals surface area contributed by atoms with Gasteiger partial charge in [-0.05, 0) is 19.3 Å². The lowest BCUT2D eigenvalue weighted by atomic mass is 10.2. The summed E-state index contributed by atoms with van der Waals surface area (Å²) >= 11 is 1.94. The molecule has 2 amide bonds. The Morgan fingerprint density at radius 1 is 1.31 bits per heavy atom. The van der Waals surface area contributed by atoms with E-state index >= 15 is 0 Å². The predicted octanol–water partition coefficient (Wildman–Crippen LogP) is 1.61. The Labute approximate surface area is 102 Å². The molecular formula is C11H22N2O2S. The van der Waals surface area contributed by atoms with Gasteiger partial charge in [0.1, 0.15) is 0 Å². The van der Waals surface area contributed by atoms with E-state index in [1.165, 1.54) is 0 Å². The molecule has 0 aliphatic carbocycles. The first-order valence-electron chi connectivity index (χ1n) is 6.04. The second-order valence-corrected chi connectivity index (χ2v) is 5.27. The first-order valence-corrected chi connectivity index (χ1v) is 7.09. The zero-order valence-corrected chi connectivity index (χ0v) is 10.8. The Morgan fingerprint density at radius 3 is 2.69 bits per heavy atom. The monoisotopic (exact) mass is 246 g/mol. The van der Waals surface area contributed by atoms with Gasteiger partial charge in [0.15, 0.2) is 0 Å². The number of urea groups is 1. The van der Waals surface area contributed by atoms with E-state index in [1.807, 2.05) is 18.7 Å². The average molecular weight is 246 g/mol. The SMILES string of the molecule is CCCNC(=O)NCCSC1CCOCC1. The molecule has 1 fully saturated rings. The van der Waals surface area contributed by atoms with Crippen molar-refractivity contribution >= 4 is 17.8 Å². The Kier molecular flexibility index (Phi) is 7.42. The van der Waals surface area contributed by atoms with Crippen molar-refractivity contribution in [3.8, 4) is 0 Å². The van der Waals surface area contributed by atoms with Gasteiger partial charge in [0.25, 0.3) is 0 Å². The van der Waals surface area contributed by atoms with Crippen molar-refractivity contribution in [2.24, 2.45) is 0 Å². The van der Waals surface area contributed by atoms with Crippen molar-refractivity contribution in [2.45, 2.75) is 31.4 Å². The van der Waals surface area contributed by atoms with Gasteiger partial charge in [-0.25, -0.2) is 4.79 Å². The second kappa shape index (κ2) is 8.70. The third-order valence-corrected chi connectivity index (χ3v) is 3.83. The lowest BCUT2D eigenvalue weighted by Crippen LogP contribution is -2.37. The molecule has 16 heavy (non-hydrogen) atoms. The first-order chi connectivity index (χ1) is 7.83. The quantitative estimate of drug-likeness (QED) is 0.700. The standard InChI is InChI=1S/C11H22N2O2S/c1-2-5-12-11(14)13-6-9-16-10-3-7-15-8-4-10/h10H,2-9H2,1H3,(H2,12,13,14). The fourth-order valence-electron chi connectivity index (χ4n) is 1.53. The molecule has 0 spiro atoms. The van der Waals surface area contributed by atoms with Gasteiger partial charge < -0.3 is 15.4 Å². The Morgan fingerprint density at radius 2 is 2.00 bits per heavy atom. The number of ether oxygens (including phenoxy) is 1. The molecule has 94 valence electrons. The zero-order valence-electron chi connectivity index (χ0n) is 9.96. The summed E-state index contributed by atoms with van der Waals surface area (Å²) in [5.41, 5.74) is 0. The van der Waals surface area contributed by atoms with Gasteiger partial charge in [-0.15, -0.1) is 0 Å². The number of hydrogen-bond donors (Lipinski definition) is 2. The van der Waals surface area contributed by atoms with Crippen molar-refractivity contribution in [2.75, 3.05) is 32.1 Å². The number of rotatable bonds is 6. The van der Waals surface area contributed by atoms with Crippen LogP contribution in [0.5, 0.6) is 0 Å². The van der Waals surface area contributed by atoms with Crippen LogP contribution in [-0.2, 0) is 4.74 Å². The van der Waals surface area contributed by atoms with E-state index < -0.39 is 0 Å². The van der Waals surface area contributed by atoms with Gasteiger partial charge in [0, 0.05) is 37.3 Å². The number of carbonyl (C=O) groups is 1. The van der Waals surface area contributed by atoms with Crippen LogP contribution in [-0.4, -0.2) is 43.3 Å². The van der Waals surface area contributed by atoms with Crippen LogP contribution in [0.15, 0.2) is 0 Å². The summed E-state index contributed by atoms with van der Waals surface area (Å²) in [5, 5.41) is 6.36. The fourth-order valence-corrected chi connectivity index (χ4v) is 2.61. The Balaban J connectivity index is 1.92. The minimum atomic E-state index is -0.0468. The Bertz CT molecular complexity index is 196. The molecule has 0 saturated carbocycles. The van der Waals surface area contributed by atoms with Crippen molar-refractivity contribution in [3.05, 3.63) is 0 Å². The van der Waals surface area contributed by atoms with E-state index in [2.05, 4.69) is 10.6 Å². The smallest absolute Gasteiger partial charge is 0.314 e. The van der Waals surface area contributed by atoms with Gasteiger partial charge in [0.2, 0.25) is 0 Å². The third-order valence-electron chi connectivity index (χ3n) is 2.45. The molecule has 0 radical (unpaired) electrons. The predicted molar refractivity (Wildman–Crippen MR) is 68.0 cm³/mol. The summed E-state index contributed by atoms with van der Waals surface area (Å²) < 4.78 is 5.30. The molecule has 0 aromatic rings. The maximum absolute atomic E-state index is 11.2. The van der Waals surface area contributed by atoms with Gasteiger partial charge >= 0.3 is 6.03 Å². The largest absolute Gasteiger partial charge is 0.381 e. The minimum Gasteiger partial charge on any atom is -0.381 e. The summed E-state index contributed by atoms with van der Waals surface area (Å²) in [7, 11) is 0. The molecule has 4 nitrogen and oxygen atoms in total. The van der Waals surface area contributed by atoms with Crippen LogP contribution in [0, 0.1) is 0 Å². The number of hydrogen-bond acceptors (Lipinski definition) is 3. The molecule has 1 heterocycles. The minimum absolute atomic E-state index is 0.0468. The summed E-state index contributed by atoms with van der Waals surface area (Å²) in [6, 6.07) is -0.0468. The molecule has 5 heteroatoms. The Hall–Kier alpha value is -0.420. The zero-order chi connectivity index (χ0) is 11.6. The highest BCUT2D eigenvalue weighted by molar-refractivity contribution is 7.99. The molecule has 0 bridgehead atoms. The van der Waals surface area contributed by atoms with Crippen LogP contribution >= 0.6 is 11.8 Å². The van der Waals surface area contributed by atoms with Crippen LogP contribution < -0.4 is 10.6 Å². The molecule has 0 unspecified atom stereocenters. The maximum Gasteiger partial charge on any atom is 0.314 e. The number of carbonyl (C=O) groups excluding carboxylic acids is 1. The molecule has 2 N–H and O–H groups in total. The van der Waals surface area contributed by atoms with Crippen LogP contribution in [0.1, 0.15) is 26.2 Å². The molecular weight excluding hydrogens is 224 g/mol. The molecule has 0 atom stereocenters. The molecule has 0 aromatic carbocycles. The first kappa shape index (κ1) is 13.6. The summed E-state index contributed by atoms with van der Waals surface area (Å²) in [5.74, 6) is 0.990. The van der Waals surface area contributed by atoms with Crippen LogP contribution in [0.3, 0.4) is 0 Å². The topological polar surface area (TPSA) is 50.4 Å². The van der Waals surface area contributed by atoms with Gasteiger partial charge in [-0.1, -0.05) is 6.92 Å². The fraction of sp³-hybridized carbons (Fsp3) is 0.909. The molecule has 1 saturated heterocycles. The van der Waals surface area contributed by atoms with E-state index in [4.69, 9.17) is 4.74 Å². The highest BCUT2D eigenvalue weighted by Crippen LogP contribution is 2.21. The van der Waals surface area contributed by atoms with E-state index in [1.54, 1.807) is 0 Å². The number of thioether (sulfide) groups is 1. The van der Waals surface area contributed by atoms with Crippen molar-refractivity contribution in [1.82, 2.24) is 10.6 Å². The second-order valence-electron chi connectivity index (χ2n) is 3.87. The average Bonchev–Trinajstić information content (AvgIpc) is 2.33. The van der Waals surface area contributed by atoms with E-state index in [-0.39, 0.29) is 6.03 Å². The highest BCUT2D eigenvalue weighted by Gasteiger charge is 2.13. The molecule has 1 aliphatic heterocycles. The van der Waals surface area contributed by atoms with Gasteiger partial charge in [0.05, 0.1) is 0 Å². The summed E-state index contributed by atoms with van der Waals surface area (Å²) in [4.78, 5) is 11.2. The van der Waals surface area contributed by atoms with Gasteiger partial charge in [-0.2, -0.15) is 11.8 Å². The number of amides is 2. The summed E-state index contributed by atoms with van der Waals surface area (Å²) in [6.07, 6.45) is 3.27. The summed E-state index contributed by atoms with van der Waals surface area (Å²) in [6.45, 7) is 5.32. The van der Waals surface area contributed by atoms with Crippen molar-refractivity contribution in [3.63, 3.8) is 0 Å². The van der Waals surface area contributed by atoms with Crippen molar-refractivity contribution < 1.29 is 9.53 Å². The van der Waals surface area contributed by atoms with Crippen LogP contribution in [0.4, 0.5) is 4.79 Å². The number of nitrogens with one attached hydrogen (secondary N) is 2. The van der Waals surface area contributed by atoms with Crippen LogP contribution in [0.25, 0.3) is 0 Å². The lowest BCUT2D eigenvalue weighted by Gasteiger charge is -2.21. The molecule has 1 aliphatic rings. The van der Waals surface area contributed by atoms with E-state index in [0.717, 1.165) is 51.3 Å². The van der Waals surface area contributed by atoms with Crippen LogP contribution in [0.2, 0.25) is 0 Å². The third kappa shape index (κ3) is 6.23. The maximum atomic E-state index is 11.2. The van der Waals surface area contributed by atoms with E-state index in [0.29, 0.717) is 5.25 Å².